The van der Waals surface area contributed by atoms with Gasteiger partial charge >= 0.3 is 6.03 Å². The molecule has 0 aliphatic heterocycles. The number of nitrogens with one attached hydrogen (secondary N) is 3. The van der Waals surface area contributed by atoms with Crippen molar-refractivity contribution in [3.8, 4) is 0 Å². The third-order valence-electron chi connectivity index (χ3n) is 3.93. The van der Waals surface area contributed by atoms with Crippen LogP contribution in [0.3, 0.4) is 0 Å². The van der Waals surface area contributed by atoms with Crippen LogP contribution in [0.5, 0.6) is 0 Å². The number of nitrogens with zero attached hydrogens (tertiary/aromatic N) is 2. The minimum Gasteiger partial charge on any atom is -0.352 e. The quantitative estimate of drug-likeness (QED) is 0.538. The highest BCUT2D eigenvalue weighted by Gasteiger charge is 2.24. The van der Waals surface area contributed by atoms with E-state index in [-0.39, 0.29) is 23.7 Å². The number of aryl methyl sites for hydroxylation is 1. The molecule has 0 saturated heterocycles. The van der Waals surface area contributed by atoms with Gasteiger partial charge in [0.25, 0.3) is 17.4 Å². The summed E-state index contributed by atoms with van der Waals surface area (Å²) >= 11 is 0. The van der Waals surface area contributed by atoms with Gasteiger partial charge < -0.3 is 11.1 Å². The SMILES string of the molecule is CCn1nc(C(=O)NNC(=O)[C@@H](NC(N)=O)C(C)C)c2ccccc2c1=O. The first-order valence-corrected chi connectivity index (χ1v) is 8.42. The van der Waals surface area contributed by atoms with Gasteiger partial charge in [0.2, 0.25) is 0 Å². The van der Waals surface area contributed by atoms with Crippen LogP contribution in [0.4, 0.5) is 4.79 Å². The van der Waals surface area contributed by atoms with Gasteiger partial charge in [-0.2, -0.15) is 5.10 Å². The number of aromatic nitrogens is 2. The van der Waals surface area contributed by atoms with Gasteiger partial charge in [-0.05, 0) is 18.9 Å². The number of hydrogen-bond acceptors (Lipinski definition) is 5. The Morgan fingerprint density at radius 1 is 1.15 bits per heavy atom. The van der Waals surface area contributed by atoms with Crippen LogP contribution in [-0.4, -0.2) is 33.7 Å². The second-order valence-electron chi connectivity index (χ2n) is 6.19. The van der Waals surface area contributed by atoms with Crippen molar-refractivity contribution in [1.82, 2.24) is 25.9 Å². The molecular weight excluding hydrogens is 352 g/mol. The van der Waals surface area contributed by atoms with E-state index in [9.17, 15) is 19.2 Å². The van der Waals surface area contributed by atoms with E-state index in [4.69, 9.17) is 5.73 Å². The van der Waals surface area contributed by atoms with Crippen LogP contribution < -0.4 is 27.5 Å². The largest absolute Gasteiger partial charge is 0.352 e. The minimum absolute atomic E-state index is 0.00342. The summed E-state index contributed by atoms with van der Waals surface area (Å²) in [7, 11) is 0. The molecule has 27 heavy (non-hydrogen) atoms. The maximum Gasteiger partial charge on any atom is 0.312 e. The van der Waals surface area contributed by atoms with E-state index in [0.717, 1.165) is 0 Å². The number of carbonyl (C=O) groups is 3. The van der Waals surface area contributed by atoms with Gasteiger partial charge in [0, 0.05) is 11.9 Å². The summed E-state index contributed by atoms with van der Waals surface area (Å²) in [5, 5.41) is 7.11. The van der Waals surface area contributed by atoms with Crippen LogP contribution >= 0.6 is 0 Å². The summed E-state index contributed by atoms with van der Waals surface area (Å²) in [6, 6.07) is 4.81. The molecule has 0 bridgehead atoms. The number of rotatable bonds is 5. The zero-order valence-corrected chi connectivity index (χ0v) is 15.3. The lowest BCUT2D eigenvalue weighted by Crippen LogP contribution is -2.55. The average Bonchev–Trinajstić information content (AvgIpc) is 2.64. The Hall–Kier alpha value is -3.43. The second-order valence-corrected chi connectivity index (χ2v) is 6.19. The maximum absolute atomic E-state index is 12.5. The molecule has 10 nitrogen and oxygen atoms in total. The lowest BCUT2D eigenvalue weighted by Gasteiger charge is -2.20. The Kier molecular flexibility index (Phi) is 6.11. The van der Waals surface area contributed by atoms with E-state index in [0.29, 0.717) is 10.8 Å². The molecule has 0 unspecified atom stereocenters. The van der Waals surface area contributed by atoms with Crippen LogP contribution in [-0.2, 0) is 11.3 Å². The molecule has 2 rings (SSSR count). The maximum atomic E-state index is 12.5. The van der Waals surface area contributed by atoms with Crippen molar-refractivity contribution in [1.29, 1.82) is 0 Å². The number of fused-ring (bicyclic) bond motifs is 1. The van der Waals surface area contributed by atoms with Crippen LogP contribution in [0, 0.1) is 5.92 Å². The molecule has 1 atom stereocenters. The first-order valence-electron chi connectivity index (χ1n) is 8.42. The van der Waals surface area contributed by atoms with E-state index in [1.54, 1.807) is 45.0 Å². The van der Waals surface area contributed by atoms with E-state index in [1.807, 2.05) is 0 Å². The molecule has 0 radical (unpaired) electrons. The van der Waals surface area contributed by atoms with Crippen molar-refractivity contribution < 1.29 is 14.4 Å². The molecule has 0 fully saturated rings. The molecule has 10 heteroatoms. The van der Waals surface area contributed by atoms with Crippen LogP contribution in [0.15, 0.2) is 29.1 Å². The summed E-state index contributed by atoms with van der Waals surface area (Å²) in [4.78, 5) is 48.1. The predicted octanol–water partition coefficient (Wildman–Crippen LogP) is -0.130. The summed E-state index contributed by atoms with van der Waals surface area (Å²) in [5.74, 6) is -1.58. The number of hydrogen-bond donors (Lipinski definition) is 4. The van der Waals surface area contributed by atoms with Crippen molar-refractivity contribution >= 4 is 28.6 Å². The molecule has 5 N–H and O–H groups in total. The average molecular weight is 374 g/mol. The molecule has 1 aromatic heterocycles. The van der Waals surface area contributed by atoms with Gasteiger partial charge in [-0.15, -0.1) is 0 Å². The van der Waals surface area contributed by atoms with Crippen molar-refractivity contribution in [3.05, 3.63) is 40.3 Å². The zero-order valence-electron chi connectivity index (χ0n) is 15.3. The van der Waals surface area contributed by atoms with Crippen molar-refractivity contribution in [3.63, 3.8) is 0 Å². The number of benzene rings is 1. The fourth-order valence-corrected chi connectivity index (χ4v) is 2.56. The van der Waals surface area contributed by atoms with Crippen LogP contribution in [0.25, 0.3) is 10.8 Å². The molecule has 0 aliphatic rings. The smallest absolute Gasteiger partial charge is 0.312 e. The van der Waals surface area contributed by atoms with Gasteiger partial charge in [-0.1, -0.05) is 32.0 Å². The molecule has 2 aromatic rings. The first-order chi connectivity index (χ1) is 12.8. The molecule has 0 aliphatic carbocycles. The molecule has 4 amide bonds. The van der Waals surface area contributed by atoms with Crippen molar-refractivity contribution in [2.75, 3.05) is 0 Å². The standard InChI is InChI=1S/C17H22N6O4/c1-4-23-16(26)11-8-6-5-7-10(11)13(22-23)15(25)21-20-14(24)12(9(2)3)19-17(18)27/h5-9,12H,4H2,1-3H3,(H,20,24)(H,21,25)(H3,18,19,27)/t12-/m0/s1. The Morgan fingerprint density at radius 2 is 1.78 bits per heavy atom. The number of nitrogens with two attached hydrogens (primary N) is 1. The van der Waals surface area contributed by atoms with E-state index >= 15 is 0 Å². The number of hydrazine groups is 1. The highest BCUT2D eigenvalue weighted by Crippen LogP contribution is 2.13. The number of urea groups is 1. The Balaban J connectivity index is 2.26. The first kappa shape index (κ1) is 19.9. The molecule has 1 aromatic carbocycles. The topological polar surface area (TPSA) is 148 Å². The molecule has 144 valence electrons. The van der Waals surface area contributed by atoms with Gasteiger partial charge in [-0.3, -0.25) is 25.2 Å². The lowest BCUT2D eigenvalue weighted by atomic mass is 10.0. The van der Waals surface area contributed by atoms with Gasteiger partial charge in [0.15, 0.2) is 5.69 Å². The van der Waals surface area contributed by atoms with Gasteiger partial charge in [0.05, 0.1) is 5.39 Å². The van der Waals surface area contributed by atoms with E-state index in [2.05, 4.69) is 21.3 Å². The van der Waals surface area contributed by atoms with Gasteiger partial charge in [-0.25, -0.2) is 9.48 Å². The third kappa shape index (κ3) is 4.40. The number of primary amides is 1. The number of amides is 4. The van der Waals surface area contributed by atoms with Gasteiger partial charge in [0.1, 0.15) is 6.04 Å². The summed E-state index contributed by atoms with van der Waals surface area (Å²) in [5.41, 5.74) is 9.26. The van der Waals surface area contributed by atoms with Crippen LogP contribution in [0.2, 0.25) is 0 Å². The molecule has 0 saturated carbocycles. The fraction of sp³-hybridized carbons (Fsp3) is 0.353. The third-order valence-corrected chi connectivity index (χ3v) is 3.93. The summed E-state index contributed by atoms with van der Waals surface area (Å²) < 4.78 is 1.17. The highest BCUT2D eigenvalue weighted by atomic mass is 16.2. The Morgan fingerprint density at radius 3 is 2.33 bits per heavy atom. The Bertz CT molecular complexity index is 937. The van der Waals surface area contributed by atoms with Crippen molar-refractivity contribution in [2.45, 2.75) is 33.4 Å². The Labute approximate surface area is 155 Å². The predicted molar refractivity (Wildman–Crippen MR) is 98.6 cm³/mol. The van der Waals surface area contributed by atoms with Crippen molar-refractivity contribution in [2.24, 2.45) is 11.7 Å². The molecular formula is C17H22N6O4. The zero-order chi connectivity index (χ0) is 20.1. The highest BCUT2D eigenvalue weighted by molar-refractivity contribution is 6.05. The van der Waals surface area contributed by atoms with E-state index in [1.165, 1.54) is 4.68 Å². The fourth-order valence-electron chi connectivity index (χ4n) is 2.56. The van der Waals surface area contributed by atoms with Crippen LogP contribution in [0.1, 0.15) is 31.3 Å². The minimum atomic E-state index is -0.919. The number of carbonyl (C=O) groups excluding carboxylic acids is 3. The van der Waals surface area contributed by atoms with E-state index < -0.39 is 23.9 Å². The lowest BCUT2D eigenvalue weighted by molar-refractivity contribution is -0.124. The normalized spacial score (nSPS) is 11.9. The second kappa shape index (κ2) is 8.30. The summed E-state index contributed by atoms with van der Waals surface area (Å²) in [6.45, 7) is 5.45. The molecule has 0 spiro atoms. The summed E-state index contributed by atoms with van der Waals surface area (Å²) in [6.07, 6.45) is 0. The monoisotopic (exact) mass is 374 g/mol. The molecule has 1 heterocycles.